The number of aromatic amines is 1. The maximum atomic E-state index is 12.5. The van der Waals surface area contributed by atoms with Gasteiger partial charge >= 0.3 is 0 Å². The normalized spacial score (nSPS) is 11.2. The minimum Gasteiger partial charge on any atom is -0.296 e. The zero-order valence-electron chi connectivity index (χ0n) is 13.0. The minimum atomic E-state index is -0.219. The number of fused-ring (bicyclic) bond motifs is 1. The van der Waals surface area contributed by atoms with Crippen molar-refractivity contribution in [1.82, 2.24) is 20.4 Å². The van der Waals surface area contributed by atoms with Gasteiger partial charge in [-0.05, 0) is 23.8 Å². The average molecular weight is 347 g/mol. The van der Waals surface area contributed by atoms with Crippen LogP contribution in [0.15, 0.2) is 54.0 Å². The largest absolute Gasteiger partial charge is 0.296 e. The van der Waals surface area contributed by atoms with Gasteiger partial charge in [-0.1, -0.05) is 53.8 Å². The molecule has 0 aliphatic rings. The smallest absolute Gasteiger partial charge is 0.258 e. The number of amides is 1. The molecule has 0 unspecified atom stereocenters. The summed E-state index contributed by atoms with van der Waals surface area (Å²) in [5, 5.41) is 19.1. The Morgan fingerprint density at radius 3 is 2.80 bits per heavy atom. The molecule has 2 aromatic carbocycles. The lowest BCUT2D eigenvalue weighted by atomic mass is 10.1. The first kappa shape index (κ1) is 15.2. The van der Waals surface area contributed by atoms with Crippen LogP contribution in [0.4, 0.5) is 5.13 Å². The van der Waals surface area contributed by atoms with Gasteiger partial charge in [-0.15, -0.1) is 10.2 Å². The van der Waals surface area contributed by atoms with Crippen LogP contribution >= 0.6 is 11.3 Å². The van der Waals surface area contributed by atoms with Crippen LogP contribution in [0.3, 0.4) is 0 Å². The molecule has 0 aliphatic carbocycles. The summed E-state index contributed by atoms with van der Waals surface area (Å²) in [7, 11) is 0. The van der Waals surface area contributed by atoms with Crippen LogP contribution in [0.25, 0.3) is 23.1 Å². The van der Waals surface area contributed by atoms with Crippen molar-refractivity contribution >= 4 is 45.4 Å². The molecular formula is C18H13N5OS. The lowest BCUT2D eigenvalue weighted by Crippen LogP contribution is -2.13. The standard InChI is InChI=1S/C18H13N5OS/c24-17(20-18-23-19-11-25-18)13-6-2-1-5-12(13)9-10-16-14-7-3-4-8-15(14)21-22-16/h1-11H,(H,21,22)(H,20,23,24). The van der Waals surface area contributed by atoms with Crippen molar-refractivity contribution in [3.8, 4) is 0 Å². The lowest BCUT2D eigenvalue weighted by Gasteiger charge is -2.05. The molecule has 0 radical (unpaired) electrons. The summed E-state index contributed by atoms with van der Waals surface area (Å²) >= 11 is 1.28. The van der Waals surface area contributed by atoms with Crippen molar-refractivity contribution in [2.24, 2.45) is 0 Å². The Kier molecular flexibility index (Phi) is 4.05. The second kappa shape index (κ2) is 6.66. The highest BCUT2D eigenvalue weighted by atomic mass is 32.1. The molecule has 4 aromatic rings. The molecule has 2 heterocycles. The van der Waals surface area contributed by atoms with Crippen LogP contribution < -0.4 is 5.32 Å². The number of benzene rings is 2. The lowest BCUT2D eigenvalue weighted by molar-refractivity contribution is 0.102. The second-order valence-electron chi connectivity index (χ2n) is 5.27. The van der Waals surface area contributed by atoms with Crippen LogP contribution in [0.5, 0.6) is 0 Å². The van der Waals surface area contributed by atoms with E-state index in [0.717, 1.165) is 22.2 Å². The van der Waals surface area contributed by atoms with Crippen molar-refractivity contribution in [2.45, 2.75) is 0 Å². The van der Waals surface area contributed by atoms with Gasteiger partial charge in [0.05, 0.1) is 11.2 Å². The predicted molar refractivity (Wildman–Crippen MR) is 99.3 cm³/mol. The van der Waals surface area contributed by atoms with E-state index in [1.165, 1.54) is 11.3 Å². The molecule has 122 valence electrons. The summed E-state index contributed by atoms with van der Waals surface area (Å²) in [5.41, 5.74) is 4.74. The Morgan fingerprint density at radius 1 is 1.08 bits per heavy atom. The number of carbonyl (C=O) groups is 1. The van der Waals surface area contributed by atoms with Gasteiger partial charge in [-0.3, -0.25) is 15.2 Å². The summed E-state index contributed by atoms with van der Waals surface area (Å²) in [5.74, 6) is -0.219. The summed E-state index contributed by atoms with van der Waals surface area (Å²) < 4.78 is 0. The van der Waals surface area contributed by atoms with Gasteiger partial charge in [0.25, 0.3) is 5.91 Å². The minimum absolute atomic E-state index is 0.219. The molecule has 0 fully saturated rings. The highest BCUT2D eigenvalue weighted by Gasteiger charge is 2.11. The zero-order valence-corrected chi connectivity index (χ0v) is 13.8. The van der Waals surface area contributed by atoms with Gasteiger partial charge in [-0.2, -0.15) is 5.10 Å². The Bertz CT molecular complexity index is 1050. The van der Waals surface area contributed by atoms with Gasteiger partial charge < -0.3 is 0 Å². The van der Waals surface area contributed by atoms with Gasteiger partial charge in [0.15, 0.2) is 0 Å². The number of rotatable bonds is 4. The van der Waals surface area contributed by atoms with Crippen molar-refractivity contribution in [3.63, 3.8) is 0 Å². The first-order chi connectivity index (χ1) is 12.3. The maximum Gasteiger partial charge on any atom is 0.258 e. The number of para-hydroxylation sites is 1. The SMILES string of the molecule is O=C(Nc1nncs1)c1ccccc1C=Cc1n[nH]c2ccccc12. The molecular weight excluding hydrogens is 334 g/mol. The van der Waals surface area contributed by atoms with Crippen LogP contribution in [-0.4, -0.2) is 26.3 Å². The number of carbonyl (C=O) groups excluding carboxylic acids is 1. The number of nitrogens with zero attached hydrogens (tertiary/aromatic N) is 3. The molecule has 2 aromatic heterocycles. The average Bonchev–Trinajstić information content (AvgIpc) is 3.30. The van der Waals surface area contributed by atoms with Gasteiger partial charge in [0.1, 0.15) is 5.51 Å². The number of hydrogen-bond acceptors (Lipinski definition) is 5. The van der Waals surface area contributed by atoms with Crippen molar-refractivity contribution < 1.29 is 4.79 Å². The van der Waals surface area contributed by atoms with E-state index in [4.69, 9.17) is 0 Å². The molecule has 4 rings (SSSR count). The number of H-pyrrole nitrogens is 1. The van der Waals surface area contributed by atoms with Gasteiger partial charge in [-0.25, -0.2) is 0 Å². The molecule has 6 nitrogen and oxygen atoms in total. The molecule has 0 saturated carbocycles. The summed E-state index contributed by atoms with van der Waals surface area (Å²) in [6.45, 7) is 0. The van der Waals surface area contributed by atoms with Crippen LogP contribution in [0, 0.1) is 0 Å². The van der Waals surface area contributed by atoms with Crippen LogP contribution in [-0.2, 0) is 0 Å². The zero-order chi connectivity index (χ0) is 17.1. The molecule has 2 N–H and O–H groups in total. The Hall–Kier alpha value is -3.32. The van der Waals surface area contributed by atoms with E-state index in [1.54, 1.807) is 11.6 Å². The fourth-order valence-electron chi connectivity index (χ4n) is 2.52. The van der Waals surface area contributed by atoms with E-state index in [9.17, 15) is 4.79 Å². The van der Waals surface area contributed by atoms with Crippen LogP contribution in [0.1, 0.15) is 21.6 Å². The Balaban J connectivity index is 1.63. The summed E-state index contributed by atoms with van der Waals surface area (Å²) in [4.78, 5) is 12.5. The van der Waals surface area contributed by atoms with Gasteiger partial charge in [0.2, 0.25) is 5.13 Å². The van der Waals surface area contributed by atoms with Gasteiger partial charge in [0, 0.05) is 10.9 Å². The van der Waals surface area contributed by atoms with Crippen molar-refractivity contribution in [1.29, 1.82) is 0 Å². The quantitative estimate of drug-likeness (QED) is 0.587. The first-order valence-electron chi connectivity index (χ1n) is 7.59. The number of nitrogens with one attached hydrogen (secondary N) is 2. The third-order valence-corrected chi connectivity index (χ3v) is 4.31. The number of anilines is 1. The molecule has 0 spiro atoms. The molecule has 0 atom stereocenters. The number of hydrogen-bond donors (Lipinski definition) is 2. The summed E-state index contributed by atoms with van der Waals surface area (Å²) in [6, 6.07) is 15.3. The van der Waals surface area contributed by atoms with E-state index in [1.807, 2.05) is 54.6 Å². The van der Waals surface area contributed by atoms with Crippen molar-refractivity contribution in [3.05, 3.63) is 70.9 Å². The monoisotopic (exact) mass is 347 g/mol. The van der Waals surface area contributed by atoms with Crippen molar-refractivity contribution in [2.75, 3.05) is 5.32 Å². The third kappa shape index (κ3) is 3.17. The summed E-state index contributed by atoms with van der Waals surface area (Å²) in [6.07, 6.45) is 3.79. The van der Waals surface area contributed by atoms with E-state index in [0.29, 0.717) is 10.7 Å². The number of aromatic nitrogens is 4. The molecule has 25 heavy (non-hydrogen) atoms. The highest BCUT2D eigenvalue weighted by molar-refractivity contribution is 7.13. The Labute approximate surface area is 147 Å². The second-order valence-corrected chi connectivity index (χ2v) is 6.11. The highest BCUT2D eigenvalue weighted by Crippen LogP contribution is 2.19. The molecule has 0 saturated heterocycles. The van der Waals surface area contributed by atoms with E-state index >= 15 is 0 Å². The molecule has 0 bridgehead atoms. The van der Waals surface area contributed by atoms with Crippen LogP contribution in [0.2, 0.25) is 0 Å². The molecule has 7 heteroatoms. The maximum absolute atomic E-state index is 12.5. The Morgan fingerprint density at radius 2 is 1.92 bits per heavy atom. The molecule has 1 amide bonds. The third-order valence-electron chi connectivity index (χ3n) is 3.71. The topological polar surface area (TPSA) is 83.6 Å². The predicted octanol–water partition coefficient (Wildman–Crippen LogP) is 3.84. The fourth-order valence-corrected chi connectivity index (χ4v) is 2.96. The van der Waals surface area contributed by atoms with E-state index < -0.39 is 0 Å². The fraction of sp³-hybridized carbons (Fsp3) is 0. The van der Waals surface area contributed by atoms with E-state index in [2.05, 4.69) is 25.7 Å². The van der Waals surface area contributed by atoms with E-state index in [-0.39, 0.29) is 5.91 Å². The first-order valence-corrected chi connectivity index (χ1v) is 8.47. The molecule has 0 aliphatic heterocycles.